The van der Waals surface area contributed by atoms with Crippen LogP contribution >= 0.6 is 12.4 Å². The molecule has 1 heterocycles. The Balaban J connectivity index is 0.00000261. The van der Waals surface area contributed by atoms with Crippen LogP contribution < -0.4 is 10.5 Å². The Morgan fingerprint density at radius 1 is 1.19 bits per heavy atom. The van der Waals surface area contributed by atoms with E-state index in [2.05, 4.69) is 18.2 Å². The van der Waals surface area contributed by atoms with Gasteiger partial charge in [0.05, 0.1) is 25.7 Å². The van der Waals surface area contributed by atoms with Gasteiger partial charge in [-0.1, -0.05) is 36.4 Å². The van der Waals surface area contributed by atoms with E-state index in [4.69, 9.17) is 15.2 Å². The van der Waals surface area contributed by atoms with Crippen molar-refractivity contribution in [3.8, 4) is 5.75 Å². The molecule has 0 saturated carbocycles. The maximum absolute atomic E-state index is 13.0. The maximum Gasteiger partial charge on any atom is 0.226 e. The second kappa shape index (κ2) is 9.74. The number of carbonyl (C=O) groups excluding carboxylic acids is 1. The molecule has 3 rings (SSSR count). The quantitative estimate of drug-likeness (QED) is 0.823. The first kappa shape index (κ1) is 21.2. The lowest BCUT2D eigenvalue weighted by molar-refractivity contribution is -0.137. The van der Waals surface area contributed by atoms with E-state index in [1.165, 1.54) is 5.56 Å². The van der Waals surface area contributed by atoms with Crippen LogP contribution in [0.5, 0.6) is 5.75 Å². The minimum Gasteiger partial charge on any atom is -0.497 e. The van der Waals surface area contributed by atoms with Crippen molar-refractivity contribution in [3.05, 3.63) is 65.2 Å². The number of amides is 1. The van der Waals surface area contributed by atoms with Crippen molar-refractivity contribution in [2.24, 2.45) is 5.73 Å². The molecular formula is C21H27ClN2O3. The topological polar surface area (TPSA) is 64.8 Å². The van der Waals surface area contributed by atoms with Crippen LogP contribution in [0.2, 0.25) is 0 Å². The number of benzene rings is 2. The van der Waals surface area contributed by atoms with E-state index in [-0.39, 0.29) is 36.9 Å². The Kier molecular flexibility index (Phi) is 7.66. The monoisotopic (exact) mass is 390 g/mol. The lowest BCUT2D eigenvalue weighted by Crippen LogP contribution is -2.41. The van der Waals surface area contributed by atoms with Crippen molar-refractivity contribution >= 4 is 18.3 Å². The highest BCUT2D eigenvalue weighted by molar-refractivity contribution is 5.85. The average molecular weight is 391 g/mol. The molecule has 5 nitrogen and oxygen atoms in total. The molecule has 6 heteroatoms. The van der Waals surface area contributed by atoms with Crippen molar-refractivity contribution in [3.63, 3.8) is 0 Å². The highest BCUT2D eigenvalue weighted by atomic mass is 35.5. The number of nitrogens with zero attached hydrogens (tertiary/aromatic N) is 1. The molecule has 0 aliphatic carbocycles. The molecule has 0 aromatic heterocycles. The number of methoxy groups -OCH3 is 2. The summed E-state index contributed by atoms with van der Waals surface area (Å²) in [6, 6.07) is 16.3. The summed E-state index contributed by atoms with van der Waals surface area (Å²) in [7, 11) is 3.25. The molecule has 1 aliphatic heterocycles. The molecule has 2 aromatic rings. The standard InChI is InChI=1S/C21H26N2O3.ClH/c1-25-18-9-8-16-11-20(15-6-4-3-5-7-15)23(14-17(16)10-18)21(24)12-19(13-22)26-2;/h3-10,19-20H,11-14,22H2,1-2H3;1H. The van der Waals surface area contributed by atoms with E-state index in [9.17, 15) is 4.79 Å². The van der Waals surface area contributed by atoms with Gasteiger partial charge in [0, 0.05) is 20.2 Å². The number of halogens is 1. The van der Waals surface area contributed by atoms with Crippen LogP contribution in [0.15, 0.2) is 48.5 Å². The smallest absolute Gasteiger partial charge is 0.226 e. The van der Waals surface area contributed by atoms with E-state index < -0.39 is 0 Å². The number of rotatable bonds is 6. The molecule has 2 N–H and O–H groups in total. The molecular weight excluding hydrogens is 364 g/mol. The molecule has 0 radical (unpaired) electrons. The molecule has 0 spiro atoms. The predicted octanol–water partition coefficient (Wildman–Crippen LogP) is 3.11. The number of fused-ring (bicyclic) bond motifs is 1. The number of ether oxygens (including phenoxy) is 2. The summed E-state index contributed by atoms with van der Waals surface area (Å²) in [4.78, 5) is 15.0. The van der Waals surface area contributed by atoms with Crippen LogP contribution in [0.4, 0.5) is 0 Å². The molecule has 0 bridgehead atoms. The third-order valence-corrected chi connectivity index (χ3v) is 5.05. The lowest BCUT2D eigenvalue weighted by Gasteiger charge is -2.38. The van der Waals surface area contributed by atoms with Crippen molar-refractivity contribution in [1.82, 2.24) is 4.90 Å². The van der Waals surface area contributed by atoms with Gasteiger partial charge in [-0.2, -0.15) is 0 Å². The number of nitrogens with two attached hydrogens (primary N) is 1. The normalized spacial score (nSPS) is 16.9. The molecule has 2 atom stereocenters. The molecule has 2 aromatic carbocycles. The summed E-state index contributed by atoms with van der Waals surface area (Å²) >= 11 is 0. The summed E-state index contributed by atoms with van der Waals surface area (Å²) in [5.41, 5.74) is 9.24. The van der Waals surface area contributed by atoms with Gasteiger partial charge in [-0.25, -0.2) is 0 Å². The zero-order chi connectivity index (χ0) is 18.5. The van der Waals surface area contributed by atoms with Gasteiger partial charge >= 0.3 is 0 Å². The lowest BCUT2D eigenvalue weighted by atomic mass is 9.89. The SMILES string of the molecule is COc1ccc2c(c1)CN(C(=O)CC(CN)OC)C(c1ccccc1)C2.Cl. The van der Waals surface area contributed by atoms with E-state index in [1.54, 1.807) is 14.2 Å². The average Bonchev–Trinajstić information content (AvgIpc) is 2.71. The van der Waals surface area contributed by atoms with Crippen LogP contribution in [0.25, 0.3) is 0 Å². The van der Waals surface area contributed by atoms with Gasteiger partial charge in [-0.15, -0.1) is 12.4 Å². The maximum atomic E-state index is 13.0. The first-order valence-corrected chi connectivity index (χ1v) is 8.89. The summed E-state index contributed by atoms with van der Waals surface area (Å²) < 4.78 is 10.7. The van der Waals surface area contributed by atoms with E-state index in [1.807, 2.05) is 35.2 Å². The minimum absolute atomic E-state index is 0. The first-order chi connectivity index (χ1) is 12.7. The highest BCUT2D eigenvalue weighted by Crippen LogP contribution is 2.35. The summed E-state index contributed by atoms with van der Waals surface area (Å²) in [5, 5.41) is 0. The third kappa shape index (κ3) is 4.80. The molecule has 0 saturated heterocycles. The van der Waals surface area contributed by atoms with E-state index in [0.29, 0.717) is 13.1 Å². The van der Waals surface area contributed by atoms with Crippen LogP contribution in [0, 0.1) is 0 Å². The van der Waals surface area contributed by atoms with Crippen molar-refractivity contribution in [1.29, 1.82) is 0 Å². The fourth-order valence-electron chi connectivity index (χ4n) is 3.50. The molecule has 0 fully saturated rings. The Hall–Kier alpha value is -2.08. The van der Waals surface area contributed by atoms with Crippen LogP contribution in [-0.2, 0) is 22.5 Å². The van der Waals surface area contributed by atoms with Crippen molar-refractivity contribution in [2.45, 2.75) is 31.5 Å². The first-order valence-electron chi connectivity index (χ1n) is 8.89. The number of carbonyl (C=O) groups is 1. The fourth-order valence-corrected chi connectivity index (χ4v) is 3.50. The van der Waals surface area contributed by atoms with Crippen LogP contribution in [-0.4, -0.2) is 37.7 Å². The largest absolute Gasteiger partial charge is 0.497 e. The zero-order valence-corrected chi connectivity index (χ0v) is 16.6. The molecule has 1 aliphatic rings. The summed E-state index contributed by atoms with van der Waals surface area (Å²) in [5.74, 6) is 0.871. The Bertz CT molecular complexity index is 750. The van der Waals surface area contributed by atoms with E-state index in [0.717, 1.165) is 23.3 Å². The van der Waals surface area contributed by atoms with Gasteiger partial charge in [0.25, 0.3) is 0 Å². The van der Waals surface area contributed by atoms with Gasteiger partial charge in [0.1, 0.15) is 5.75 Å². The summed E-state index contributed by atoms with van der Waals surface area (Å²) in [6.07, 6.45) is 0.816. The Morgan fingerprint density at radius 3 is 2.56 bits per heavy atom. The highest BCUT2D eigenvalue weighted by Gasteiger charge is 2.31. The number of hydrogen-bond acceptors (Lipinski definition) is 4. The van der Waals surface area contributed by atoms with Crippen LogP contribution in [0.1, 0.15) is 29.2 Å². The van der Waals surface area contributed by atoms with Gasteiger partial charge in [0.15, 0.2) is 0 Å². The molecule has 1 amide bonds. The Morgan fingerprint density at radius 2 is 1.93 bits per heavy atom. The van der Waals surface area contributed by atoms with Crippen molar-refractivity contribution in [2.75, 3.05) is 20.8 Å². The fraction of sp³-hybridized carbons (Fsp3) is 0.381. The van der Waals surface area contributed by atoms with Crippen molar-refractivity contribution < 1.29 is 14.3 Å². The minimum atomic E-state index is -0.259. The zero-order valence-electron chi connectivity index (χ0n) is 15.8. The van der Waals surface area contributed by atoms with E-state index >= 15 is 0 Å². The summed E-state index contributed by atoms with van der Waals surface area (Å²) in [6.45, 7) is 0.891. The predicted molar refractivity (Wildman–Crippen MR) is 108 cm³/mol. The van der Waals surface area contributed by atoms with Gasteiger partial charge in [-0.05, 0) is 35.2 Å². The molecule has 27 heavy (non-hydrogen) atoms. The second-order valence-corrected chi connectivity index (χ2v) is 6.58. The van der Waals surface area contributed by atoms with Gasteiger partial charge < -0.3 is 20.1 Å². The number of hydrogen-bond donors (Lipinski definition) is 1. The third-order valence-electron chi connectivity index (χ3n) is 5.05. The second-order valence-electron chi connectivity index (χ2n) is 6.58. The molecule has 2 unspecified atom stereocenters. The molecule has 146 valence electrons. The Labute approximate surface area is 166 Å². The van der Waals surface area contributed by atoms with Gasteiger partial charge in [0.2, 0.25) is 5.91 Å². The van der Waals surface area contributed by atoms with Crippen LogP contribution in [0.3, 0.4) is 0 Å². The van der Waals surface area contributed by atoms with Gasteiger partial charge in [-0.3, -0.25) is 4.79 Å².